The third kappa shape index (κ3) is 7.75. The van der Waals surface area contributed by atoms with Gasteiger partial charge in [0.25, 0.3) is 0 Å². The molecule has 0 bridgehead atoms. The minimum absolute atomic E-state index is 0.0276. The average Bonchev–Trinajstić information content (AvgIpc) is 2.32. The fraction of sp³-hybridized carbons (Fsp3) is 0.786. The Bertz CT molecular complexity index is 391. The Morgan fingerprint density at radius 1 is 1.19 bits per heavy atom. The van der Waals surface area contributed by atoms with Crippen molar-refractivity contribution in [2.45, 2.75) is 36.7 Å². The zero-order valence-corrected chi connectivity index (χ0v) is 15.9. The molecule has 1 N–H and O–H groups in total. The number of Topliss-reactive ketones (excluding diaryl/α,β-unsaturated/α-hetero) is 1. The smallest absolute Gasteiger partial charge is 0.243 e. The number of carbonyl (C=O) groups excluding carboxylic acids is 3. The predicted molar refractivity (Wildman–Crippen MR) is 91.5 cm³/mol. The number of likely N-dealkylation sites (N-methyl/N-ethyl adjacent to an activating group) is 2. The third-order valence-electron chi connectivity index (χ3n) is 3.17. The lowest BCUT2D eigenvalue weighted by Gasteiger charge is -2.28. The highest BCUT2D eigenvalue weighted by Crippen LogP contribution is 2.21. The molecule has 7 heteroatoms. The van der Waals surface area contributed by atoms with Crippen molar-refractivity contribution in [2.75, 3.05) is 34.2 Å². The van der Waals surface area contributed by atoms with Crippen molar-refractivity contribution in [1.29, 1.82) is 0 Å². The molecular weight excluding hydrogens is 385 g/mol. The van der Waals surface area contributed by atoms with E-state index in [0.29, 0.717) is 13.1 Å². The van der Waals surface area contributed by atoms with Gasteiger partial charge in [0.2, 0.25) is 11.8 Å². The summed E-state index contributed by atoms with van der Waals surface area (Å²) in [5.41, 5.74) is 0. The van der Waals surface area contributed by atoms with Crippen LogP contribution in [-0.2, 0) is 14.4 Å². The summed E-state index contributed by atoms with van der Waals surface area (Å²) in [5, 5.41) is 2.78. The van der Waals surface area contributed by atoms with Crippen LogP contribution in [0.5, 0.6) is 0 Å². The molecule has 0 aliphatic rings. The lowest BCUT2D eigenvalue weighted by Crippen LogP contribution is -2.50. The fourth-order valence-corrected chi connectivity index (χ4v) is 1.78. The first-order valence-corrected chi connectivity index (χ1v) is 7.92. The Labute approximate surface area is 140 Å². The third-order valence-corrected chi connectivity index (χ3v) is 3.77. The molecule has 0 radical (unpaired) electrons. The molecule has 0 aromatic rings. The van der Waals surface area contributed by atoms with Crippen LogP contribution in [0, 0.1) is 0 Å². The van der Waals surface area contributed by atoms with E-state index in [1.54, 1.807) is 20.9 Å². The van der Waals surface area contributed by atoms with Crippen LogP contribution in [0.4, 0.5) is 0 Å². The molecule has 0 aromatic carbocycles. The Kier molecular flexibility index (Phi) is 8.38. The van der Waals surface area contributed by atoms with E-state index >= 15 is 0 Å². The molecule has 0 heterocycles. The van der Waals surface area contributed by atoms with Gasteiger partial charge in [-0.1, -0.05) is 22.6 Å². The summed E-state index contributed by atoms with van der Waals surface area (Å²) >= 11 is 2.05. The molecule has 0 fully saturated rings. The molecule has 0 saturated carbocycles. The zero-order chi connectivity index (χ0) is 16.8. The molecule has 21 heavy (non-hydrogen) atoms. The molecule has 0 rings (SSSR count). The Hall–Kier alpha value is -0.700. The van der Waals surface area contributed by atoms with E-state index in [2.05, 4.69) is 5.32 Å². The van der Waals surface area contributed by atoms with E-state index in [1.807, 2.05) is 41.6 Å². The van der Waals surface area contributed by atoms with Crippen LogP contribution in [0.2, 0.25) is 0 Å². The number of halogens is 1. The monoisotopic (exact) mass is 411 g/mol. The fourth-order valence-electron chi connectivity index (χ4n) is 1.56. The molecular formula is C14H26IN3O3. The van der Waals surface area contributed by atoms with Gasteiger partial charge in [0.15, 0.2) is 5.78 Å². The molecule has 2 amide bonds. The van der Waals surface area contributed by atoms with Gasteiger partial charge in [-0.25, -0.2) is 0 Å². The maximum Gasteiger partial charge on any atom is 0.243 e. The summed E-state index contributed by atoms with van der Waals surface area (Å²) in [6.07, 6.45) is 0.0276. The van der Waals surface area contributed by atoms with Crippen molar-refractivity contribution in [1.82, 2.24) is 15.1 Å². The van der Waals surface area contributed by atoms with E-state index < -0.39 is 9.46 Å². The van der Waals surface area contributed by atoms with Gasteiger partial charge in [0.1, 0.15) is 6.04 Å². The first kappa shape index (κ1) is 20.3. The number of amides is 2. The van der Waals surface area contributed by atoms with Gasteiger partial charge in [-0.15, -0.1) is 0 Å². The normalized spacial score (nSPS) is 13.0. The SMILES string of the molecule is CC(=O)N(C)[C@@H](CC(=O)C(C)(C)I)C(=O)NCCN(C)C. The van der Waals surface area contributed by atoms with E-state index in [-0.39, 0.29) is 24.0 Å². The van der Waals surface area contributed by atoms with Gasteiger partial charge < -0.3 is 15.1 Å². The van der Waals surface area contributed by atoms with Crippen LogP contribution in [-0.4, -0.2) is 71.1 Å². The van der Waals surface area contributed by atoms with Gasteiger partial charge in [-0.3, -0.25) is 14.4 Å². The topological polar surface area (TPSA) is 69.7 Å². The zero-order valence-electron chi connectivity index (χ0n) is 13.7. The van der Waals surface area contributed by atoms with Crippen molar-refractivity contribution >= 4 is 40.2 Å². The van der Waals surface area contributed by atoms with Crippen LogP contribution < -0.4 is 5.32 Å². The highest BCUT2D eigenvalue weighted by atomic mass is 127. The van der Waals surface area contributed by atoms with Crippen LogP contribution >= 0.6 is 22.6 Å². The van der Waals surface area contributed by atoms with Crippen LogP contribution in [0.15, 0.2) is 0 Å². The number of hydrogen-bond acceptors (Lipinski definition) is 4. The Morgan fingerprint density at radius 2 is 1.71 bits per heavy atom. The second-order valence-electron chi connectivity index (χ2n) is 5.84. The van der Waals surface area contributed by atoms with Gasteiger partial charge >= 0.3 is 0 Å². The number of ketones is 1. The standard InChI is InChI=1S/C14H26IN3O3/c1-10(19)18(6)11(9-12(20)14(2,3)15)13(21)16-7-8-17(4)5/h11H,7-9H2,1-6H3,(H,16,21)/t11-/m0/s1. The van der Waals surface area contributed by atoms with Crippen LogP contribution in [0.25, 0.3) is 0 Å². The second kappa shape index (κ2) is 8.67. The summed E-state index contributed by atoms with van der Waals surface area (Å²) in [5.74, 6) is -0.575. The van der Waals surface area contributed by atoms with E-state index in [4.69, 9.17) is 0 Å². The number of alkyl halides is 1. The highest BCUT2D eigenvalue weighted by molar-refractivity contribution is 14.1. The summed E-state index contributed by atoms with van der Waals surface area (Å²) in [4.78, 5) is 39.2. The molecule has 0 spiro atoms. The highest BCUT2D eigenvalue weighted by Gasteiger charge is 2.32. The number of nitrogens with one attached hydrogen (secondary N) is 1. The lowest BCUT2D eigenvalue weighted by molar-refractivity contribution is -0.139. The second-order valence-corrected chi connectivity index (χ2v) is 8.54. The summed E-state index contributed by atoms with van der Waals surface area (Å²) in [6, 6.07) is -0.758. The van der Waals surface area contributed by atoms with Crippen molar-refractivity contribution in [3.8, 4) is 0 Å². The number of rotatable bonds is 8. The molecule has 0 aromatic heterocycles. The van der Waals surface area contributed by atoms with Gasteiger partial charge in [-0.2, -0.15) is 0 Å². The molecule has 0 aliphatic heterocycles. The van der Waals surface area contributed by atoms with Crippen LogP contribution in [0.1, 0.15) is 27.2 Å². The van der Waals surface area contributed by atoms with Crippen LogP contribution in [0.3, 0.4) is 0 Å². The number of hydrogen-bond donors (Lipinski definition) is 1. The molecule has 0 unspecified atom stereocenters. The minimum Gasteiger partial charge on any atom is -0.353 e. The molecule has 6 nitrogen and oxygen atoms in total. The maximum absolute atomic E-state index is 12.3. The van der Waals surface area contributed by atoms with E-state index in [1.165, 1.54) is 11.8 Å². The largest absolute Gasteiger partial charge is 0.353 e. The Morgan fingerprint density at radius 3 is 2.10 bits per heavy atom. The number of nitrogens with zero attached hydrogens (tertiary/aromatic N) is 2. The van der Waals surface area contributed by atoms with E-state index in [0.717, 1.165) is 0 Å². The summed E-state index contributed by atoms with van der Waals surface area (Å²) in [6.45, 7) is 6.17. The summed E-state index contributed by atoms with van der Waals surface area (Å²) in [7, 11) is 5.37. The molecule has 122 valence electrons. The van der Waals surface area contributed by atoms with Crippen molar-refractivity contribution in [2.24, 2.45) is 0 Å². The first-order chi connectivity index (χ1) is 9.46. The van der Waals surface area contributed by atoms with Crippen molar-refractivity contribution in [3.63, 3.8) is 0 Å². The average molecular weight is 411 g/mol. The van der Waals surface area contributed by atoms with E-state index in [9.17, 15) is 14.4 Å². The lowest BCUT2D eigenvalue weighted by atomic mass is 10.00. The first-order valence-electron chi connectivity index (χ1n) is 6.85. The minimum atomic E-state index is -0.758. The quantitative estimate of drug-likeness (QED) is 0.471. The maximum atomic E-state index is 12.3. The molecule has 0 aliphatic carbocycles. The number of carbonyl (C=O) groups is 3. The summed E-state index contributed by atoms with van der Waals surface area (Å²) < 4.78 is -0.558. The predicted octanol–water partition coefficient (Wildman–Crippen LogP) is 0.684. The van der Waals surface area contributed by atoms with Gasteiger partial charge in [0.05, 0.1) is 3.42 Å². The molecule has 0 saturated heterocycles. The van der Waals surface area contributed by atoms with Gasteiger partial charge in [-0.05, 0) is 27.9 Å². The van der Waals surface area contributed by atoms with Crippen molar-refractivity contribution < 1.29 is 14.4 Å². The van der Waals surface area contributed by atoms with Gasteiger partial charge in [0, 0.05) is 33.5 Å². The van der Waals surface area contributed by atoms with Crippen molar-refractivity contribution in [3.05, 3.63) is 0 Å². The molecule has 1 atom stereocenters. The Balaban J connectivity index is 4.86.